The van der Waals surface area contributed by atoms with Crippen molar-refractivity contribution in [3.63, 3.8) is 0 Å². The van der Waals surface area contributed by atoms with Crippen LogP contribution in [-0.2, 0) is 32.7 Å². The molecule has 24 heavy (non-hydrogen) atoms. The number of nitrogens with zero attached hydrogens (tertiary/aromatic N) is 2. The van der Waals surface area contributed by atoms with Crippen LogP contribution < -0.4 is 4.74 Å². The number of para-hydroxylation sites is 1. The first kappa shape index (κ1) is 17.3. The molecule has 0 bridgehead atoms. The van der Waals surface area contributed by atoms with Crippen LogP contribution in [0.5, 0.6) is 11.5 Å². The predicted molar refractivity (Wildman–Crippen MR) is 89.5 cm³/mol. The first-order valence-electron chi connectivity index (χ1n) is 7.83. The van der Waals surface area contributed by atoms with E-state index >= 15 is 0 Å². The molecule has 3 nitrogen and oxygen atoms in total. The topological polar surface area (TPSA) is 35.0 Å². The Morgan fingerprint density at radius 1 is 0.958 bits per heavy atom. The normalized spacial score (nSPS) is 15.0. The van der Waals surface area contributed by atoms with Gasteiger partial charge in [0.15, 0.2) is 5.82 Å². The molecule has 1 aromatic heterocycles. The van der Waals surface area contributed by atoms with Crippen LogP contribution in [0.25, 0.3) is 11.4 Å². The summed E-state index contributed by atoms with van der Waals surface area (Å²) in [5.41, 5.74) is 3.44. The van der Waals surface area contributed by atoms with Gasteiger partial charge in [0.25, 0.3) is 0 Å². The second-order valence-corrected chi connectivity index (χ2v) is 6.12. The number of hydrogen-bond donors (Lipinski definition) is 0. The molecule has 0 saturated heterocycles. The third kappa shape index (κ3) is 3.03. The minimum absolute atomic E-state index is 0. The van der Waals surface area contributed by atoms with Crippen LogP contribution in [0.1, 0.15) is 30.9 Å². The Labute approximate surface area is 167 Å². The Hall–Kier alpha value is -1.58. The molecule has 0 N–H and O–H groups in total. The van der Waals surface area contributed by atoms with Crippen molar-refractivity contribution in [3.8, 4) is 22.9 Å². The van der Waals surface area contributed by atoms with E-state index in [1.807, 2.05) is 18.2 Å². The van der Waals surface area contributed by atoms with Crippen molar-refractivity contribution in [2.75, 3.05) is 0 Å². The molecule has 117 valence electrons. The van der Waals surface area contributed by atoms with Gasteiger partial charge in [-0.15, -0.1) is 12.4 Å². The summed E-state index contributed by atoms with van der Waals surface area (Å²) in [7, 11) is 0. The summed E-state index contributed by atoms with van der Waals surface area (Å²) in [6.45, 7) is 4.50. The van der Waals surface area contributed by atoms with E-state index in [1.54, 1.807) is 12.4 Å². The van der Waals surface area contributed by atoms with E-state index in [1.165, 1.54) is 11.1 Å². The van der Waals surface area contributed by atoms with E-state index in [2.05, 4.69) is 54.1 Å². The molecular weight excluding hydrogens is 373 g/mol. The van der Waals surface area contributed by atoms with Crippen molar-refractivity contribution < 1.29 is 37.4 Å². The summed E-state index contributed by atoms with van der Waals surface area (Å²) in [4.78, 5) is 8.55. The van der Waals surface area contributed by atoms with Gasteiger partial charge in [0.1, 0.15) is 11.5 Å². The van der Waals surface area contributed by atoms with Gasteiger partial charge < -0.3 is 10.8 Å². The Morgan fingerprint density at radius 3 is 2.42 bits per heavy atom. The molecule has 0 saturated carbocycles. The average molecular weight is 390 g/mol. The number of fused-ring (bicyclic) bond motifs is 2. The molecule has 1 aliphatic rings. The fourth-order valence-corrected chi connectivity index (χ4v) is 3.27. The standard InChI is InChI=1S/C20H17N2O.Y/c1-13(2)19-15-6-3-4-7-17(15)23-18-12-14(8-9-16(18)19)20-21-10-5-11-22-20;/h3-4,6-13,19H,1-2H3;/q-1;. The van der Waals surface area contributed by atoms with Gasteiger partial charge in [0.05, 0.1) is 0 Å². The molecule has 4 heteroatoms. The summed E-state index contributed by atoms with van der Waals surface area (Å²) in [6, 6.07) is 17.4. The Balaban J connectivity index is 0.00000169. The van der Waals surface area contributed by atoms with Gasteiger partial charge in [0, 0.05) is 55.3 Å². The van der Waals surface area contributed by atoms with E-state index in [4.69, 9.17) is 4.74 Å². The first-order chi connectivity index (χ1) is 11.2. The second kappa shape index (κ2) is 7.12. The van der Waals surface area contributed by atoms with E-state index in [-0.39, 0.29) is 32.7 Å². The number of aromatic nitrogens is 2. The van der Waals surface area contributed by atoms with Crippen LogP contribution in [0.3, 0.4) is 0 Å². The van der Waals surface area contributed by atoms with Crippen LogP contribution in [-0.4, -0.2) is 9.97 Å². The third-order valence-corrected chi connectivity index (χ3v) is 4.27. The van der Waals surface area contributed by atoms with Gasteiger partial charge in [0.2, 0.25) is 0 Å². The van der Waals surface area contributed by atoms with Gasteiger partial charge in [-0.25, -0.2) is 0 Å². The summed E-state index contributed by atoms with van der Waals surface area (Å²) >= 11 is 0. The minimum atomic E-state index is 0. The molecule has 1 atom stereocenters. The van der Waals surface area contributed by atoms with Crippen molar-refractivity contribution >= 4 is 0 Å². The molecule has 4 rings (SSSR count). The summed E-state index contributed by atoms with van der Waals surface area (Å²) in [5, 5.41) is 0. The first-order valence-corrected chi connectivity index (χ1v) is 7.83. The van der Waals surface area contributed by atoms with E-state index in [0.717, 1.165) is 17.1 Å². The maximum absolute atomic E-state index is 6.16. The van der Waals surface area contributed by atoms with Crippen molar-refractivity contribution in [1.29, 1.82) is 0 Å². The molecule has 1 unspecified atom stereocenters. The average Bonchev–Trinajstić information content (AvgIpc) is 2.59. The summed E-state index contributed by atoms with van der Waals surface area (Å²) in [6.07, 6.45) is 3.27. The number of benzene rings is 2. The molecule has 3 aromatic rings. The monoisotopic (exact) mass is 390 g/mol. The largest absolute Gasteiger partial charge is 0.457 e. The van der Waals surface area contributed by atoms with E-state index in [9.17, 15) is 0 Å². The zero-order valence-corrected chi connectivity index (χ0v) is 16.6. The molecule has 0 aliphatic carbocycles. The van der Waals surface area contributed by atoms with Crippen molar-refractivity contribution in [3.05, 3.63) is 72.1 Å². The Kier molecular flexibility index (Phi) is 5.12. The number of rotatable bonds is 2. The molecule has 2 aromatic carbocycles. The molecule has 1 radical (unpaired) electrons. The van der Waals surface area contributed by atoms with Crippen molar-refractivity contribution in [2.45, 2.75) is 19.8 Å². The Morgan fingerprint density at radius 2 is 1.67 bits per heavy atom. The second-order valence-electron chi connectivity index (χ2n) is 6.12. The zero-order valence-electron chi connectivity index (χ0n) is 13.7. The minimum Gasteiger partial charge on any atom is -0.457 e. The van der Waals surface area contributed by atoms with Crippen LogP contribution in [0, 0.1) is 12.0 Å². The van der Waals surface area contributed by atoms with Crippen LogP contribution in [0.4, 0.5) is 0 Å². The molecule has 1 aliphatic heterocycles. The fraction of sp³-hybridized carbons (Fsp3) is 0.200. The molecule has 0 spiro atoms. The van der Waals surface area contributed by atoms with Gasteiger partial charge >= 0.3 is 0 Å². The van der Waals surface area contributed by atoms with Crippen LogP contribution >= 0.6 is 0 Å². The molecule has 0 amide bonds. The summed E-state index contributed by atoms with van der Waals surface area (Å²) < 4.78 is 6.16. The zero-order chi connectivity index (χ0) is 15.8. The maximum atomic E-state index is 6.16. The molecule has 2 heterocycles. The predicted octanol–water partition coefficient (Wildman–Crippen LogP) is 4.83. The number of ether oxygens (including phenoxy) is 1. The summed E-state index contributed by atoms with van der Waals surface area (Å²) in [5.74, 6) is 3.37. The number of hydrogen-bond acceptors (Lipinski definition) is 3. The SMILES string of the molecule is CC(C)C1c2ccccc2Oc2cc(-c3nc[c-]cn3)ccc21.[Y]. The quantitative estimate of drug-likeness (QED) is 0.588. The third-order valence-electron chi connectivity index (χ3n) is 4.27. The van der Waals surface area contributed by atoms with Crippen molar-refractivity contribution in [1.82, 2.24) is 9.97 Å². The molecular formula is C20H17N2OY-. The van der Waals surface area contributed by atoms with Crippen LogP contribution in [0.15, 0.2) is 54.9 Å². The maximum Gasteiger partial charge on any atom is 0.153 e. The Bertz CT molecular complexity index is 849. The van der Waals surface area contributed by atoms with E-state index < -0.39 is 0 Å². The molecule has 0 fully saturated rings. The van der Waals surface area contributed by atoms with Gasteiger partial charge in [-0.3, -0.25) is 9.97 Å². The van der Waals surface area contributed by atoms with Crippen molar-refractivity contribution in [2.24, 2.45) is 5.92 Å². The fourth-order valence-electron chi connectivity index (χ4n) is 3.27. The van der Waals surface area contributed by atoms with E-state index in [0.29, 0.717) is 17.7 Å². The van der Waals surface area contributed by atoms with Crippen LogP contribution in [0.2, 0.25) is 0 Å². The van der Waals surface area contributed by atoms with Gasteiger partial charge in [-0.2, -0.15) is 0 Å². The smallest absolute Gasteiger partial charge is 0.153 e. The van der Waals surface area contributed by atoms with Gasteiger partial charge in [-0.05, 0) is 18.1 Å². The van der Waals surface area contributed by atoms with Gasteiger partial charge in [-0.1, -0.05) is 44.2 Å².